The average Bonchev–Trinajstić information content (AvgIpc) is 2.88. The highest BCUT2D eigenvalue weighted by atomic mass is 16.5. The van der Waals surface area contributed by atoms with Crippen LogP contribution in [0, 0.1) is 0 Å². The number of hydrazone groups is 1. The topological polar surface area (TPSA) is 118 Å². The monoisotopic (exact) mass is 474 g/mol. The summed E-state index contributed by atoms with van der Waals surface area (Å²) in [6.45, 7) is 0.0900. The Balaban J connectivity index is 1.46. The average molecular weight is 475 g/mol. The number of nitrogens with one attached hydrogen (secondary N) is 3. The molecule has 0 heterocycles. The molecular weight excluding hydrogens is 448 g/mol. The van der Waals surface area contributed by atoms with Crippen LogP contribution in [0.4, 0.5) is 5.69 Å². The lowest BCUT2D eigenvalue weighted by atomic mass is 10.1. The summed E-state index contributed by atoms with van der Waals surface area (Å²) in [5.74, 6) is -1.01. The van der Waals surface area contributed by atoms with Crippen LogP contribution in [0.5, 0.6) is 11.5 Å². The van der Waals surface area contributed by atoms with E-state index in [0.29, 0.717) is 35.7 Å². The first-order valence-corrected chi connectivity index (χ1v) is 10.9. The van der Waals surface area contributed by atoms with Crippen LogP contribution in [0.25, 0.3) is 0 Å². The van der Waals surface area contributed by atoms with Crippen molar-refractivity contribution >= 4 is 29.6 Å². The van der Waals surface area contributed by atoms with Crippen LogP contribution in [0.2, 0.25) is 0 Å². The number of carbonyl (C=O) groups excluding carboxylic acids is 3. The van der Waals surface area contributed by atoms with Crippen LogP contribution in [0.3, 0.4) is 0 Å². The van der Waals surface area contributed by atoms with Crippen molar-refractivity contribution in [3.05, 3.63) is 90.0 Å². The van der Waals surface area contributed by atoms with Crippen molar-refractivity contribution in [3.63, 3.8) is 0 Å². The fraction of sp³-hybridized carbons (Fsp3) is 0.154. The molecule has 0 aliphatic heterocycles. The fourth-order valence-corrected chi connectivity index (χ4v) is 3.02. The molecule has 0 saturated heterocycles. The van der Waals surface area contributed by atoms with E-state index in [1.165, 1.54) is 6.21 Å². The predicted octanol–water partition coefficient (Wildman–Crippen LogP) is 2.52. The van der Waals surface area contributed by atoms with Gasteiger partial charge >= 0.3 is 11.8 Å². The quantitative estimate of drug-likeness (QED) is 0.237. The fourth-order valence-electron chi connectivity index (χ4n) is 3.02. The Hall–Kier alpha value is -4.66. The maximum Gasteiger partial charge on any atom is 0.329 e. The van der Waals surface area contributed by atoms with Gasteiger partial charge < -0.3 is 20.1 Å². The molecule has 3 aromatic rings. The van der Waals surface area contributed by atoms with Gasteiger partial charge in [-0.3, -0.25) is 14.4 Å². The Morgan fingerprint density at radius 3 is 2.49 bits per heavy atom. The normalized spacial score (nSPS) is 10.4. The molecule has 3 rings (SSSR count). The third-order valence-electron chi connectivity index (χ3n) is 4.75. The van der Waals surface area contributed by atoms with Gasteiger partial charge in [-0.1, -0.05) is 48.5 Å². The number of rotatable bonds is 10. The van der Waals surface area contributed by atoms with E-state index in [1.54, 1.807) is 55.6 Å². The van der Waals surface area contributed by atoms with E-state index in [-0.39, 0.29) is 12.5 Å². The van der Waals surface area contributed by atoms with Crippen molar-refractivity contribution in [2.24, 2.45) is 5.10 Å². The largest absolute Gasteiger partial charge is 0.497 e. The molecule has 180 valence electrons. The van der Waals surface area contributed by atoms with Gasteiger partial charge in [0.1, 0.15) is 11.5 Å². The molecule has 0 atom stereocenters. The second-order valence-electron chi connectivity index (χ2n) is 7.30. The van der Waals surface area contributed by atoms with E-state index in [1.807, 2.05) is 30.3 Å². The molecule has 0 radical (unpaired) electrons. The lowest BCUT2D eigenvalue weighted by Crippen LogP contribution is -2.38. The standard InChI is InChI=1S/C26H26N4O5/c1-34-22-12-7-11-21(16-22)29-24(31)18-35-23-13-6-5-10-20(23)17-28-30-26(33)25(32)27-15-14-19-8-3-2-4-9-19/h2-13,16-17H,14-15,18H2,1H3,(H,27,32)(H,29,31)(H,30,33)/b28-17-. The predicted molar refractivity (Wildman–Crippen MR) is 132 cm³/mol. The minimum Gasteiger partial charge on any atom is -0.497 e. The number of hydrogen-bond donors (Lipinski definition) is 3. The Kier molecular flexibility index (Phi) is 9.38. The van der Waals surface area contributed by atoms with E-state index in [0.717, 1.165) is 5.56 Å². The van der Waals surface area contributed by atoms with Gasteiger partial charge in [-0.25, -0.2) is 5.43 Å². The third-order valence-corrected chi connectivity index (χ3v) is 4.75. The number of nitrogens with zero attached hydrogens (tertiary/aromatic N) is 1. The summed E-state index contributed by atoms with van der Waals surface area (Å²) in [4.78, 5) is 36.1. The van der Waals surface area contributed by atoms with Gasteiger partial charge in [0.05, 0.1) is 13.3 Å². The van der Waals surface area contributed by atoms with Crippen LogP contribution in [0.1, 0.15) is 11.1 Å². The number of ether oxygens (including phenoxy) is 2. The van der Waals surface area contributed by atoms with Gasteiger partial charge in [-0.2, -0.15) is 5.10 Å². The summed E-state index contributed by atoms with van der Waals surface area (Å²) in [6.07, 6.45) is 1.95. The second-order valence-corrected chi connectivity index (χ2v) is 7.30. The molecule has 0 fully saturated rings. The number of anilines is 1. The first-order chi connectivity index (χ1) is 17.0. The molecule has 0 saturated carbocycles. The van der Waals surface area contributed by atoms with Gasteiger partial charge in [-0.05, 0) is 36.2 Å². The molecule has 3 amide bonds. The minimum atomic E-state index is -0.884. The maximum atomic E-state index is 12.2. The minimum absolute atomic E-state index is 0.238. The summed E-state index contributed by atoms with van der Waals surface area (Å²) in [5.41, 5.74) is 4.34. The number of amides is 3. The van der Waals surface area contributed by atoms with E-state index >= 15 is 0 Å². The third kappa shape index (κ3) is 8.32. The van der Waals surface area contributed by atoms with Crippen LogP contribution in [-0.4, -0.2) is 44.2 Å². The molecule has 0 aromatic heterocycles. The first kappa shape index (κ1) is 25.0. The highest BCUT2D eigenvalue weighted by molar-refractivity contribution is 6.35. The van der Waals surface area contributed by atoms with Crippen molar-refractivity contribution in [3.8, 4) is 11.5 Å². The van der Waals surface area contributed by atoms with E-state index < -0.39 is 11.8 Å². The molecule has 0 bridgehead atoms. The highest BCUT2D eigenvalue weighted by Gasteiger charge is 2.12. The van der Waals surface area contributed by atoms with Gasteiger partial charge in [0, 0.05) is 23.9 Å². The lowest BCUT2D eigenvalue weighted by molar-refractivity contribution is -0.139. The highest BCUT2D eigenvalue weighted by Crippen LogP contribution is 2.18. The van der Waals surface area contributed by atoms with Gasteiger partial charge in [0.15, 0.2) is 6.61 Å². The van der Waals surface area contributed by atoms with Crippen molar-refractivity contribution < 1.29 is 23.9 Å². The van der Waals surface area contributed by atoms with Crippen LogP contribution < -0.4 is 25.5 Å². The van der Waals surface area contributed by atoms with Crippen LogP contribution >= 0.6 is 0 Å². The molecule has 0 spiro atoms. The molecule has 0 unspecified atom stereocenters. The van der Waals surface area contributed by atoms with Crippen LogP contribution in [0.15, 0.2) is 84.0 Å². The number of methoxy groups -OCH3 is 1. The Morgan fingerprint density at radius 2 is 1.69 bits per heavy atom. The zero-order valence-corrected chi connectivity index (χ0v) is 19.2. The summed E-state index contributed by atoms with van der Waals surface area (Å²) >= 11 is 0. The van der Waals surface area contributed by atoms with Crippen molar-refractivity contribution in [1.29, 1.82) is 0 Å². The van der Waals surface area contributed by atoms with Crippen molar-refractivity contribution in [2.75, 3.05) is 25.6 Å². The van der Waals surface area contributed by atoms with E-state index in [2.05, 4.69) is 21.2 Å². The zero-order chi connectivity index (χ0) is 24.9. The summed E-state index contributed by atoms with van der Waals surface area (Å²) in [6, 6.07) is 23.4. The van der Waals surface area contributed by atoms with E-state index in [9.17, 15) is 14.4 Å². The SMILES string of the molecule is COc1cccc(NC(=O)COc2ccccc2/C=N\NC(=O)C(=O)NCCc2ccccc2)c1. The number of carbonyl (C=O) groups is 3. The summed E-state index contributed by atoms with van der Waals surface area (Å²) < 4.78 is 10.7. The number of para-hydroxylation sites is 1. The van der Waals surface area contributed by atoms with Crippen molar-refractivity contribution in [2.45, 2.75) is 6.42 Å². The molecule has 3 N–H and O–H groups in total. The molecule has 9 nitrogen and oxygen atoms in total. The number of benzene rings is 3. The maximum absolute atomic E-state index is 12.2. The van der Waals surface area contributed by atoms with Crippen LogP contribution in [-0.2, 0) is 20.8 Å². The Bertz CT molecular complexity index is 1180. The van der Waals surface area contributed by atoms with Gasteiger partial charge in [0.2, 0.25) is 0 Å². The first-order valence-electron chi connectivity index (χ1n) is 10.9. The summed E-state index contributed by atoms with van der Waals surface area (Å²) in [5, 5.41) is 9.10. The smallest absolute Gasteiger partial charge is 0.329 e. The lowest BCUT2D eigenvalue weighted by Gasteiger charge is -2.10. The molecule has 0 aliphatic rings. The second kappa shape index (κ2) is 13.1. The van der Waals surface area contributed by atoms with Gasteiger partial charge in [0.25, 0.3) is 5.91 Å². The Morgan fingerprint density at radius 1 is 0.914 bits per heavy atom. The van der Waals surface area contributed by atoms with E-state index in [4.69, 9.17) is 9.47 Å². The zero-order valence-electron chi connectivity index (χ0n) is 19.2. The molecular formula is C26H26N4O5. The van der Waals surface area contributed by atoms with Gasteiger partial charge in [-0.15, -0.1) is 0 Å². The van der Waals surface area contributed by atoms with Crippen molar-refractivity contribution in [1.82, 2.24) is 10.7 Å². The molecule has 9 heteroatoms. The Labute approximate surface area is 203 Å². The number of hydrogen-bond acceptors (Lipinski definition) is 6. The summed E-state index contributed by atoms with van der Waals surface area (Å²) in [7, 11) is 1.55. The molecule has 3 aromatic carbocycles. The molecule has 35 heavy (non-hydrogen) atoms. The molecule has 0 aliphatic carbocycles.